The van der Waals surface area contributed by atoms with E-state index in [4.69, 9.17) is 9.47 Å². The molecular weight excluding hydrogens is 270 g/mol. The van der Waals surface area contributed by atoms with Gasteiger partial charge in [-0.15, -0.1) is 0 Å². The quantitative estimate of drug-likeness (QED) is 0.892. The van der Waals surface area contributed by atoms with Crippen molar-refractivity contribution in [3.05, 3.63) is 29.3 Å². The monoisotopic (exact) mass is 289 g/mol. The number of amides is 1. The number of rotatable bonds is 5. The number of nitrogens with one attached hydrogen (secondary N) is 1. The van der Waals surface area contributed by atoms with Gasteiger partial charge in [-0.25, -0.2) is 0 Å². The lowest BCUT2D eigenvalue weighted by molar-refractivity contribution is -0.123. The zero-order valence-corrected chi connectivity index (χ0v) is 11.9. The molecule has 1 saturated heterocycles. The molecule has 3 rings (SSSR count). The first-order chi connectivity index (χ1) is 10.2. The molecule has 0 radical (unpaired) electrons. The Morgan fingerprint density at radius 2 is 2.29 bits per heavy atom. The predicted molar refractivity (Wildman–Crippen MR) is 76.6 cm³/mol. The van der Waals surface area contributed by atoms with Gasteiger partial charge in [-0.3, -0.25) is 9.59 Å². The van der Waals surface area contributed by atoms with Gasteiger partial charge in [0.15, 0.2) is 12.4 Å². The minimum atomic E-state index is -0.160. The Labute approximate surface area is 123 Å². The molecular formula is C16H19NO4. The van der Waals surface area contributed by atoms with Gasteiger partial charge < -0.3 is 14.8 Å². The molecule has 0 unspecified atom stereocenters. The van der Waals surface area contributed by atoms with Gasteiger partial charge in [-0.2, -0.15) is 0 Å². The fraction of sp³-hybridized carbons (Fsp3) is 0.500. The minimum absolute atomic E-state index is 0.0304. The summed E-state index contributed by atoms with van der Waals surface area (Å²) >= 11 is 0. The van der Waals surface area contributed by atoms with Gasteiger partial charge in [0, 0.05) is 30.7 Å². The smallest absolute Gasteiger partial charge is 0.258 e. The standard InChI is InChI=1S/C16H19NO4/c18-14-7-6-13-12(14)4-1-5-15(13)21-10-16(19)17-9-11-3-2-8-20-11/h1,4-5,11H,2-3,6-10H2,(H,17,19)/t11-/m1/s1. The number of carbonyl (C=O) groups is 2. The molecule has 2 aliphatic rings. The molecule has 0 aromatic heterocycles. The fourth-order valence-electron chi connectivity index (χ4n) is 2.82. The van der Waals surface area contributed by atoms with Crippen molar-refractivity contribution in [2.75, 3.05) is 19.8 Å². The van der Waals surface area contributed by atoms with Crippen molar-refractivity contribution in [3.63, 3.8) is 0 Å². The van der Waals surface area contributed by atoms with E-state index in [9.17, 15) is 9.59 Å². The maximum absolute atomic E-state index is 11.8. The molecule has 1 N–H and O–H groups in total. The Morgan fingerprint density at radius 3 is 3.10 bits per heavy atom. The third kappa shape index (κ3) is 3.24. The second kappa shape index (κ2) is 6.26. The average Bonchev–Trinajstić information content (AvgIpc) is 3.13. The zero-order valence-electron chi connectivity index (χ0n) is 11.9. The Hall–Kier alpha value is -1.88. The summed E-state index contributed by atoms with van der Waals surface area (Å²) in [6.45, 7) is 1.28. The number of hydrogen-bond donors (Lipinski definition) is 1. The van der Waals surface area contributed by atoms with Crippen molar-refractivity contribution in [3.8, 4) is 5.75 Å². The number of benzene rings is 1. The second-order valence-corrected chi connectivity index (χ2v) is 5.43. The van der Waals surface area contributed by atoms with E-state index >= 15 is 0 Å². The molecule has 1 heterocycles. The highest BCUT2D eigenvalue weighted by Crippen LogP contribution is 2.30. The second-order valence-electron chi connectivity index (χ2n) is 5.43. The van der Waals surface area contributed by atoms with Crippen molar-refractivity contribution in [1.82, 2.24) is 5.32 Å². The van der Waals surface area contributed by atoms with Crippen molar-refractivity contribution in [1.29, 1.82) is 0 Å². The van der Waals surface area contributed by atoms with Gasteiger partial charge >= 0.3 is 0 Å². The molecule has 1 aromatic rings. The normalized spacial score (nSPS) is 20.4. The number of Topliss-reactive ketones (excluding diaryl/α,β-unsaturated/α-hetero) is 1. The Bertz CT molecular complexity index is 549. The summed E-state index contributed by atoms with van der Waals surface area (Å²) in [5.74, 6) is 0.635. The average molecular weight is 289 g/mol. The van der Waals surface area contributed by atoms with E-state index in [1.807, 2.05) is 12.1 Å². The number of hydrogen-bond acceptors (Lipinski definition) is 4. The molecule has 1 aromatic carbocycles. The van der Waals surface area contributed by atoms with Crippen LogP contribution in [0.4, 0.5) is 0 Å². The van der Waals surface area contributed by atoms with Crippen molar-refractivity contribution < 1.29 is 19.1 Å². The Balaban J connectivity index is 1.51. The van der Waals surface area contributed by atoms with Gasteiger partial charge in [0.1, 0.15) is 5.75 Å². The molecule has 112 valence electrons. The summed E-state index contributed by atoms with van der Waals surface area (Å²) in [7, 11) is 0. The van der Waals surface area contributed by atoms with Crippen LogP contribution in [0.3, 0.4) is 0 Å². The van der Waals surface area contributed by atoms with Crippen LogP contribution in [0, 0.1) is 0 Å². The Kier molecular flexibility index (Phi) is 4.20. The van der Waals surface area contributed by atoms with Crippen molar-refractivity contribution in [2.24, 2.45) is 0 Å². The Morgan fingerprint density at radius 1 is 1.38 bits per heavy atom. The number of ketones is 1. The van der Waals surface area contributed by atoms with Crippen LogP contribution in [-0.4, -0.2) is 37.6 Å². The highest BCUT2D eigenvalue weighted by atomic mass is 16.5. The largest absolute Gasteiger partial charge is 0.483 e. The van der Waals surface area contributed by atoms with Crippen molar-refractivity contribution >= 4 is 11.7 Å². The molecule has 1 aliphatic carbocycles. The van der Waals surface area contributed by atoms with Gasteiger partial charge in [0.2, 0.25) is 0 Å². The first kappa shape index (κ1) is 14.1. The zero-order chi connectivity index (χ0) is 14.7. The summed E-state index contributed by atoms with van der Waals surface area (Å²) in [4.78, 5) is 23.4. The first-order valence-corrected chi connectivity index (χ1v) is 7.40. The topological polar surface area (TPSA) is 64.6 Å². The molecule has 1 fully saturated rings. The fourth-order valence-corrected chi connectivity index (χ4v) is 2.82. The highest BCUT2D eigenvalue weighted by molar-refractivity contribution is 6.01. The van der Waals surface area contributed by atoms with Crippen LogP contribution in [0.1, 0.15) is 35.2 Å². The van der Waals surface area contributed by atoms with Gasteiger partial charge in [-0.1, -0.05) is 12.1 Å². The van der Waals surface area contributed by atoms with Crippen LogP contribution in [0.2, 0.25) is 0 Å². The van der Waals surface area contributed by atoms with Crippen LogP contribution >= 0.6 is 0 Å². The van der Waals surface area contributed by atoms with E-state index in [1.54, 1.807) is 6.07 Å². The summed E-state index contributed by atoms with van der Waals surface area (Å²) < 4.78 is 11.0. The molecule has 0 bridgehead atoms. The first-order valence-electron chi connectivity index (χ1n) is 7.40. The van der Waals surface area contributed by atoms with Gasteiger partial charge in [0.05, 0.1) is 6.10 Å². The van der Waals surface area contributed by atoms with Crippen LogP contribution < -0.4 is 10.1 Å². The third-order valence-electron chi connectivity index (χ3n) is 3.95. The van der Waals surface area contributed by atoms with E-state index in [0.29, 0.717) is 25.1 Å². The number of carbonyl (C=O) groups excluding carboxylic acids is 2. The lowest BCUT2D eigenvalue weighted by Crippen LogP contribution is -2.35. The van der Waals surface area contributed by atoms with Crippen LogP contribution in [0.25, 0.3) is 0 Å². The van der Waals surface area contributed by atoms with E-state index in [1.165, 1.54) is 0 Å². The number of fused-ring (bicyclic) bond motifs is 1. The van der Waals surface area contributed by atoms with E-state index in [2.05, 4.69) is 5.32 Å². The van der Waals surface area contributed by atoms with Crippen LogP contribution in [-0.2, 0) is 16.0 Å². The summed E-state index contributed by atoms with van der Waals surface area (Å²) in [6.07, 6.45) is 3.41. The molecule has 1 aliphatic heterocycles. The maximum atomic E-state index is 11.8. The summed E-state index contributed by atoms with van der Waals surface area (Å²) in [6, 6.07) is 5.42. The minimum Gasteiger partial charge on any atom is -0.483 e. The lowest BCUT2D eigenvalue weighted by Gasteiger charge is -2.12. The molecule has 0 saturated carbocycles. The molecule has 21 heavy (non-hydrogen) atoms. The molecule has 0 spiro atoms. The molecule has 1 amide bonds. The molecule has 5 heteroatoms. The van der Waals surface area contributed by atoms with Gasteiger partial charge in [0.25, 0.3) is 5.91 Å². The third-order valence-corrected chi connectivity index (χ3v) is 3.95. The van der Waals surface area contributed by atoms with E-state index < -0.39 is 0 Å². The molecule has 1 atom stereocenters. The maximum Gasteiger partial charge on any atom is 0.258 e. The van der Waals surface area contributed by atoms with Gasteiger partial charge in [-0.05, 0) is 25.3 Å². The molecule has 5 nitrogen and oxygen atoms in total. The summed E-state index contributed by atoms with van der Waals surface area (Å²) in [5.41, 5.74) is 1.65. The van der Waals surface area contributed by atoms with Crippen LogP contribution in [0.5, 0.6) is 5.75 Å². The van der Waals surface area contributed by atoms with Crippen molar-refractivity contribution in [2.45, 2.75) is 31.8 Å². The highest BCUT2D eigenvalue weighted by Gasteiger charge is 2.23. The lowest BCUT2D eigenvalue weighted by atomic mass is 10.1. The SMILES string of the molecule is O=C(COc1cccc2c1CCC2=O)NC[C@H]1CCCO1. The number of ether oxygens (including phenoxy) is 2. The van der Waals surface area contributed by atoms with Crippen LogP contribution in [0.15, 0.2) is 18.2 Å². The predicted octanol–water partition coefficient (Wildman–Crippen LogP) is 1.49. The van der Waals surface area contributed by atoms with E-state index in [-0.39, 0.29) is 24.4 Å². The van der Waals surface area contributed by atoms with E-state index in [0.717, 1.165) is 30.6 Å². The summed E-state index contributed by atoms with van der Waals surface area (Å²) in [5, 5.41) is 2.82.